The normalized spacial score (nSPS) is 11.2. The maximum Gasteiger partial charge on any atom is 0.248 e. The molecule has 0 saturated heterocycles. The average molecular weight is 565 g/mol. The van der Waals surface area contributed by atoms with E-state index >= 15 is 0 Å². The van der Waals surface area contributed by atoms with Gasteiger partial charge in [0.1, 0.15) is 23.3 Å². The molecule has 4 aromatic rings. The van der Waals surface area contributed by atoms with Gasteiger partial charge in [0.25, 0.3) is 0 Å². The summed E-state index contributed by atoms with van der Waals surface area (Å²) in [7, 11) is 3.84. The Balaban J connectivity index is 1.67. The Morgan fingerprint density at radius 2 is 2.00 bits per heavy atom. The third kappa shape index (κ3) is 7.38. The van der Waals surface area contributed by atoms with E-state index in [0.29, 0.717) is 64.1 Å². The molecule has 0 aliphatic heterocycles. The summed E-state index contributed by atoms with van der Waals surface area (Å²) in [5, 5.41) is 16.8. The van der Waals surface area contributed by atoms with Crippen molar-refractivity contribution in [3.8, 4) is 23.3 Å². The van der Waals surface area contributed by atoms with Crippen LogP contribution in [0, 0.1) is 18.3 Å². The lowest BCUT2D eigenvalue weighted by Gasteiger charge is -2.17. The Hall–Kier alpha value is -5.47. The molecule has 0 aliphatic carbocycles. The van der Waals surface area contributed by atoms with Crippen LogP contribution in [0.15, 0.2) is 72.0 Å². The van der Waals surface area contributed by atoms with Gasteiger partial charge in [0.05, 0.1) is 35.4 Å². The highest BCUT2D eigenvalue weighted by molar-refractivity contribution is 6.04. The fourth-order valence-electron chi connectivity index (χ4n) is 4.08. The molecule has 11 heteroatoms. The summed E-state index contributed by atoms with van der Waals surface area (Å²) in [5.74, 6) is 1.84. The van der Waals surface area contributed by atoms with Gasteiger partial charge < -0.3 is 30.7 Å². The minimum Gasteiger partial charge on any atom is -0.492 e. The summed E-state index contributed by atoms with van der Waals surface area (Å²) in [5.41, 5.74) is 8.93. The molecule has 0 fully saturated rings. The quantitative estimate of drug-likeness (QED) is 0.123. The lowest BCUT2D eigenvalue weighted by Crippen LogP contribution is -2.13. The minimum absolute atomic E-state index is 0.293. The van der Waals surface area contributed by atoms with Crippen LogP contribution < -0.4 is 25.8 Å². The van der Waals surface area contributed by atoms with Crippen molar-refractivity contribution in [1.29, 1.82) is 5.26 Å². The van der Waals surface area contributed by atoms with Crippen LogP contribution in [0.2, 0.25) is 0 Å². The number of nitrogens with zero attached hydrogens (tertiary/aromatic N) is 5. The second-order valence-corrected chi connectivity index (χ2v) is 9.45. The van der Waals surface area contributed by atoms with Crippen LogP contribution in [0.3, 0.4) is 0 Å². The van der Waals surface area contributed by atoms with Crippen molar-refractivity contribution in [3.05, 3.63) is 78.1 Å². The molecule has 4 rings (SSSR count). The number of rotatable bonds is 11. The number of amides is 1. The standard InChI is InChI=1S/C31H32N8O3/c1-5-41-28-16-25-24(15-26(28)38-30(40)7-6-12-39(3)4)31(21(17-32)18-35-25)37-22-8-9-27(20(2)13-22)42-23-10-11-34-29(14-23)36-19-33/h6-11,13-16,18-19H,5,12H2,1-4H3,(H,35,37)(H,38,40)(H2,33,34,36)/b7-6+. The summed E-state index contributed by atoms with van der Waals surface area (Å²) < 4.78 is 11.8. The Morgan fingerprint density at radius 3 is 2.71 bits per heavy atom. The molecule has 0 bridgehead atoms. The molecule has 2 aromatic heterocycles. The molecule has 1 amide bonds. The predicted molar refractivity (Wildman–Crippen MR) is 165 cm³/mol. The highest BCUT2D eigenvalue weighted by atomic mass is 16.5. The largest absolute Gasteiger partial charge is 0.492 e. The van der Waals surface area contributed by atoms with Gasteiger partial charge in [0.15, 0.2) is 5.82 Å². The fraction of sp³-hybridized carbons (Fsp3) is 0.194. The van der Waals surface area contributed by atoms with Crippen LogP contribution in [0.25, 0.3) is 10.9 Å². The lowest BCUT2D eigenvalue weighted by molar-refractivity contribution is -0.111. The summed E-state index contributed by atoms with van der Waals surface area (Å²) in [6.07, 6.45) is 7.53. The zero-order valence-corrected chi connectivity index (χ0v) is 23.9. The van der Waals surface area contributed by atoms with Crippen LogP contribution in [-0.4, -0.2) is 54.4 Å². The SMILES string of the molecule is CCOc1cc2ncc(C#N)c(Nc3ccc(Oc4ccnc(N=CN)c4)c(C)c3)c2cc1NC(=O)/C=C/CN(C)C. The molecule has 42 heavy (non-hydrogen) atoms. The zero-order valence-electron chi connectivity index (χ0n) is 23.9. The lowest BCUT2D eigenvalue weighted by atomic mass is 10.1. The molecule has 0 spiro atoms. The number of anilines is 3. The summed E-state index contributed by atoms with van der Waals surface area (Å²) in [4.78, 5) is 27.2. The van der Waals surface area contributed by atoms with Crippen LogP contribution in [0.1, 0.15) is 18.1 Å². The van der Waals surface area contributed by atoms with Gasteiger partial charge >= 0.3 is 0 Å². The molecule has 0 saturated carbocycles. The number of pyridine rings is 2. The maximum absolute atomic E-state index is 12.7. The van der Waals surface area contributed by atoms with Crippen molar-refractivity contribution in [2.24, 2.45) is 10.7 Å². The number of ether oxygens (including phenoxy) is 2. The van der Waals surface area contributed by atoms with Crippen molar-refractivity contribution in [2.45, 2.75) is 13.8 Å². The van der Waals surface area contributed by atoms with Gasteiger partial charge in [-0.25, -0.2) is 9.98 Å². The van der Waals surface area contributed by atoms with Gasteiger partial charge in [-0.05, 0) is 63.8 Å². The van der Waals surface area contributed by atoms with Crippen molar-refractivity contribution < 1.29 is 14.3 Å². The number of aromatic nitrogens is 2. The van der Waals surface area contributed by atoms with Gasteiger partial charge in [0.2, 0.25) is 5.91 Å². The number of fused-ring (bicyclic) bond motifs is 1. The third-order valence-electron chi connectivity index (χ3n) is 5.98. The molecule has 0 unspecified atom stereocenters. The highest BCUT2D eigenvalue weighted by Crippen LogP contribution is 2.37. The second-order valence-electron chi connectivity index (χ2n) is 9.45. The smallest absolute Gasteiger partial charge is 0.248 e. The average Bonchev–Trinajstić information content (AvgIpc) is 2.95. The van der Waals surface area contributed by atoms with Gasteiger partial charge in [-0.2, -0.15) is 5.26 Å². The van der Waals surface area contributed by atoms with Gasteiger partial charge in [-0.1, -0.05) is 6.08 Å². The maximum atomic E-state index is 12.7. The predicted octanol–water partition coefficient (Wildman–Crippen LogP) is 5.42. The molecular weight excluding hydrogens is 532 g/mol. The molecule has 4 N–H and O–H groups in total. The van der Waals surface area contributed by atoms with Gasteiger partial charge in [0, 0.05) is 48.2 Å². The van der Waals surface area contributed by atoms with Crippen molar-refractivity contribution in [3.63, 3.8) is 0 Å². The van der Waals surface area contributed by atoms with E-state index in [1.165, 1.54) is 18.6 Å². The monoisotopic (exact) mass is 564 g/mol. The molecule has 2 heterocycles. The molecular formula is C31H32N8O3. The third-order valence-corrected chi connectivity index (χ3v) is 5.98. The van der Waals surface area contributed by atoms with E-state index in [2.05, 4.69) is 31.7 Å². The molecule has 214 valence electrons. The molecule has 2 aromatic carbocycles. The van der Waals surface area contributed by atoms with Crippen LogP contribution in [-0.2, 0) is 4.79 Å². The Labute approximate surface area is 244 Å². The number of carbonyl (C=O) groups is 1. The summed E-state index contributed by atoms with van der Waals surface area (Å²) >= 11 is 0. The zero-order chi connectivity index (χ0) is 30.1. The number of carbonyl (C=O) groups excluding carboxylic acids is 1. The first kappa shape index (κ1) is 29.5. The number of aliphatic imine (C=N–C) groups is 1. The molecule has 0 radical (unpaired) electrons. The van der Waals surface area contributed by atoms with Gasteiger partial charge in [-0.3, -0.25) is 9.78 Å². The minimum atomic E-state index is -0.293. The number of nitriles is 1. The number of nitrogens with two attached hydrogens (primary N) is 1. The Kier molecular flexibility index (Phi) is 9.65. The number of hydrogen-bond acceptors (Lipinski definition) is 9. The van der Waals surface area contributed by atoms with E-state index in [-0.39, 0.29) is 5.91 Å². The van der Waals surface area contributed by atoms with Crippen LogP contribution >= 0.6 is 0 Å². The first-order chi connectivity index (χ1) is 20.3. The van der Waals surface area contributed by atoms with Crippen molar-refractivity contribution >= 4 is 46.0 Å². The highest BCUT2D eigenvalue weighted by Gasteiger charge is 2.16. The van der Waals surface area contributed by atoms with E-state index in [1.807, 2.05) is 51.0 Å². The first-order valence-electron chi connectivity index (χ1n) is 13.2. The van der Waals surface area contributed by atoms with Gasteiger partial charge in [-0.15, -0.1) is 0 Å². The number of likely N-dealkylation sites (N-methyl/N-ethyl adjacent to an activating group) is 1. The summed E-state index contributed by atoms with van der Waals surface area (Å²) in [6, 6.07) is 14.7. The summed E-state index contributed by atoms with van der Waals surface area (Å²) in [6.45, 7) is 4.81. The number of aryl methyl sites for hydroxylation is 1. The van der Waals surface area contributed by atoms with E-state index in [0.717, 1.165) is 11.3 Å². The van der Waals surface area contributed by atoms with Crippen molar-refractivity contribution in [2.75, 3.05) is 37.9 Å². The van der Waals surface area contributed by atoms with E-state index < -0.39 is 0 Å². The Bertz CT molecular complexity index is 1690. The van der Waals surface area contributed by atoms with Crippen molar-refractivity contribution in [1.82, 2.24) is 14.9 Å². The molecule has 11 nitrogen and oxygen atoms in total. The van der Waals surface area contributed by atoms with E-state index in [9.17, 15) is 10.1 Å². The fourth-order valence-corrected chi connectivity index (χ4v) is 4.08. The number of nitrogens with one attached hydrogen (secondary N) is 2. The van der Waals surface area contributed by atoms with E-state index in [4.69, 9.17) is 15.2 Å². The van der Waals surface area contributed by atoms with E-state index in [1.54, 1.807) is 36.5 Å². The molecule has 0 atom stereocenters. The Morgan fingerprint density at radius 1 is 1.17 bits per heavy atom. The van der Waals surface area contributed by atoms with Crippen LogP contribution in [0.5, 0.6) is 17.2 Å². The number of hydrogen-bond donors (Lipinski definition) is 3. The second kappa shape index (κ2) is 13.7. The molecule has 0 aliphatic rings. The van der Waals surface area contributed by atoms with Crippen LogP contribution in [0.4, 0.5) is 22.9 Å². The number of benzene rings is 2. The topological polar surface area (TPSA) is 151 Å². The first-order valence-corrected chi connectivity index (χ1v) is 13.2.